The van der Waals surface area contributed by atoms with E-state index >= 15 is 0 Å². The number of rotatable bonds is 9. The standard InChI is InChI=1S/C35H39N7O5/c36-18-26-16-24-17-29(24)41(26)30(43)19-39-13-12-35(33-40-34(46)47-42(33)25-4-2-1-3-5-25)27-10-8-22(31(37)44)14-20(27)6-7-21-15-23(32(38)45)9-11-28(21)35/h8-11,14-15,24-26,29,39H,1-7,12-13,16-17,19H2,(H2,37,44)(H2,38,45)/t24-,26+,29+/m1/s1. The highest BCUT2D eigenvalue weighted by atomic mass is 16.5. The van der Waals surface area contributed by atoms with Gasteiger partial charge in [0.05, 0.1) is 24.1 Å². The zero-order chi connectivity index (χ0) is 32.9. The van der Waals surface area contributed by atoms with E-state index in [1.54, 1.807) is 33.9 Å². The number of primary amides is 2. The molecule has 1 aliphatic heterocycles. The Balaban J connectivity index is 1.35. The molecule has 1 aromatic heterocycles. The van der Waals surface area contributed by atoms with Crippen molar-refractivity contribution in [1.29, 1.82) is 5.26 Å². The Kier molecular flexibility index (Phi) is 7.96. The molecule has 244 valence electrons. The van der Waals surface area contributed by atoms with E-state index < -0.39 is 23.0 Å². The van der Waals surface area contributed by atoms with E-state index in [4.69, 9.17) is 16.0 Å². The monoisotopic (exact) mass is 637 g/mol. The molecule has 3 atom stereocenters. The van der Waals surface area contributed by atoms with Crippen LogP contribution in [0.5, 0.6) is 0 Å². The average Bonchev–Trinajstić information content (AvgIpc) is 3.61. The summed E-state index contributed by atoms with van der Waals surface area (Å²) in [4.78, 5) is 57.3. The van der Waals surface area contributed by atoms with Crippen LogP contribution >= 0.6 is 0 Å². The minimum absolute atomic E-state index is 0.0603. The Bertz CT molecular complexity index is 1780. The van der Waals surface area contributed by atoms with Crippen LogP contribution in [-0.4, -0.2) is 57.5 Å². The largest absolute Gasteiger partial charge is 0.459 e. The van der Waals surface area contributed by atoms with E-state index in [0.717, 1.165) is 67.2 Å². The van der Waals surface area contributed by atoms with Gasteiger partial charge in [0.1, 0.15) is 6.04 Å². The third-order valence-electron chi connectivity index (χ3n) is 10.7. The molecule has 4 aliphatic rings. The van der Waals surface area contributed by atoms with Gasteiger partial charge in [-0.3, -0.25) is 14.4 Å². The lowest BCUT2D eigenvalue weighted by molar-refractivity contribution is -0.131. The molecule has 3 aromatic rings. The number of hydrogen-bond donors (Lipinski definition) is 3. The second-order valence-electron chi connectivity index (χ2n) is 13.5. The summed E-state index contributed by atoms with van der Waals surface area (Å²) < 4.78 is 7.57. The van der Waals surface area contributed by atoms with Gasteiger partial charge in [-0.2, -0.15) is 15.0 Å². The number of nitrogens with one attached hydrogen (secondary N) is 1. The van der Waals surface area contributed by atoms with Gasteiger partial charge >= 0.3 is 5.76 Å². The molecule has 3 fully saturated rings. The van der Waals surface area contributed by atoms with Gasteiger partial charge in [0.15, 0.2) is 5.82 Å². The van der Waals surface area contributed by atoms with Gasteiger partial charge in [-0.05, 0) is 104 Å². The summed E-state index contributed by atoms with van der Waals surface area (Å²) in [5, 5.41) is 13.0. The highest BCUT2D eigenvalue weighted by molar-refractivity contribution is 5.94. The van der Waals surface area contributed by atoms with Crippen LogP contribution in [0.15, 0.2) is 45.7 Å². The molecule has 7 rings (SSSR count). The topological polar surface area (TPSA) is 190 Å². The quantitative estimate of drug-likeness (QED) is 0.298. The van der Waals surface area contributed by atoms with Gasteiger partial charge in [-0.15, -0.1) is 0 Å². The van der Waals surface area contributed by atoms with Gasteiger partial charge in [0, 0.05) is 17.2 Å². The first-order chi connectivity index (χ1) is 22.7. The predicted octanol–water partition coefficient (Wildman–Crippen LogP) is 2.46. The second-order valence-corrected chi connectivity index (χ2v) is 13.5. The zero-order valence-electron chi connectivity index (χ0n) is 26.2. The van der Waals surface area contributed by atoms with E-state index in [1.165, 1.54) is 0 Å². The van der Waals surface area contributed by atoms with Gasteiger partial charge in [0.2, 0.25) is 17.7 Å². The Morgan fingerprint density at radius 3 is 2.21 bits per heavy atom. The van der Waals surface area contributed by atoms with E-state index in [0.29, 0.717) is 48.7 Å². The fraction of sp³-hybridized carbons (Fsp3) is 0.486. The molecule has 2 saturated carbocycles. The van der Waals surface area contributed by atoms with E-state index in [2.05, 4.69) is 16.4 Å². The SMILES string of the molecule is N#C[C@@H]1C[C@@H]2C[C@@H]2N1C(=O)CNCCC1(c2nc(=O)on2C2CCCCC2)c2ccc(C(N)=O)cc2CCc2cc(C(N)=O)ccc21. The number of carbonyl (C=O) groups is 3. The van der Waals surface area contributed by atoms with E-state index in [1.807, 2.05) is 12.1 Å². The van der Waals surface area contributed by atoms with Crippen LogP contribution in [0.25, 0.3) is 0 Å². The number of fused-ring (bicyclic) bond motifs is 3. The maximum absolute atomic E-state index is 13.3. The van der Waals surface area contributed by atoms with Crippen molar-refractivity contribution < 1.29 is 18.9 Å². The number of carbonyl (C=O) groups excluding carboxylic acids is 3. The first-order valence-corrected chi connectivity index (χ1v) is 16.6. The molecular weight excluding hydrogens is 598 g/mol. The zero-order valence-corrected chi connectivity index (χ0v) is 26.2. The van der Waals surface area contributed by atoms with E-state index in [9.17, 15) is 24.4 Å². The highest BCUT2D eigenvalue weighted by Gasteiger charge is 2.54. The fourth-order valence-electron chi connectivity index (χ4n) is 8.40. The van der Waals surface area contributed by atoms with E-state index in [-0.39, 0.29) is 30.6 Å². The number of nitrogens with two attached hydrogens (primary N) is 2. The van der Waals surface area contributed by atoms with Crippen molar-refractivity contribution in [1.82, 2.24) is 19.9 Å². The van der Waals surface area contributed by atoms with Crippen molar-refractivity contribution in [2.24, 2.45) is 17.4 Å². The molecular formula is C35H39N7O5. The Hall–Kier alpha value is -4.76. The molecule has 0 radical (unpaired) electrons. The minimum Gasteiger partial charge on any atom is -0.366 e. The third-order valence-corrected chi connectivity index (χ3v) is 10.7. The normalized spacial score (nSPS) is 22.8. The van der Waals surface area contributed by atoms with Crippen molar-refractivity contribution in [3.05, 3.63) is 86.2 Å². The number of likely N-dealkylation sites (tertiary alicyclic amines) is 1. The lowest BCUT2D eigenvalue weighted by Crippen LogP contribution is -2.44. The second kappa shape index (κ2) is 12.1. The molecule has 47 heavy (non-hydrogen) atoms. The maximum Gasteiger partial charge on any atom is 0.459 e. The molecule has 12 heteroatoms. The molecule has 1 saturated heterocycles. The first-order valence-electron chi connectivity index (χ1n) is 16.6. The lowest BCUT2D eigenvalue weighted by atomic mass is 9.68. The average molecular weight is 638 g/mol. The summed E-state index contributed by atoms with van der Waals surface area (Å²) in [6.07, 6.45) is 7.93. The smallest absolute Gasteiger partial charge is 0.366 e. The number of nitriles is 1. The van der Waals surface area contributed by atoms with Crippen LogP contribution in [-0.2, 0) is 23.1 Å². The highest BCUT2D eigenvalue weighted by Crippen LogP contribution is 2.49. The number of piperidine rings is 1. The summed E-state index contributed by atoms with van der Waals surface area (Å²) in [5.41, 5.74) is 14.5. The number of amides is 3. The molecule has 5 N–H and O–H groups in total. The van der Waals surface area contributed by atoms with Crippen molar-refractivity contribution >= 4 is 17.7 Å². The Morgan fingerprint density at radius 1 is 0.979 bits per heavy atom. The summed E-state index contributed by atoms with van der Waals surface area (Å²) in [6.45, 7) is 0.414. The molecule has 2 heterocycles. The van der Waals surface area contributed by atoms with Crippen molar-refractivity contribution in [2.75, 3.05) is 13.1 Å². The van der Waals surface area contributed by atoms with Crippen molar-refractivity contribution in [3.63, 3.8) is 0 Å². The van der Waals surface area contributed by atoms with Crippen LogP contribution < -0.4 is 22.5 Å². The summed E-state index contributed by atoms with van der Waals surface area (Å²) in [5.74, 6) is -1.02. The summed E-state index contributed by atoms with van der Waals surface area (Å²) >= 11 is 0. The molecule has 3 aliphatic carbocycles. The lowest BCUT2D eigenvalue weighted by Gasteiger charge is -2.37. The summed E-state index contributed by atoms with van der Waals surface area (Å²) in [6, 6.07) is 12.7. The summed E-state index contributed by atoms with van der Waals surface area (Å²) in [7, 11) is 0. The third kappa shape index (κ3) is 5.42. The number of aromatic nitrogens is 2. The minimum atomic E-state index is -1.06. The van der Waals surface area contributed by atoms with Crippen LogP contribution in [0, 0.1) is 17.2 Å². The van der Waals surface area contributed by atoms with Gasteiger partial charge in [-0.25, -0.2) is 4.79 Å². The van der Waals surface area contributed by atoms with Crippen molar-refractivity contribution in [3.8, 4) is 6.07 Å². The Morgan fingerprint density at radius 2 is 1.62 bits per heavy atom. The fourth-order valence-corrected chi connectivity index (χ4v) is 8.40. The predicted molar refractivity (Wildman–Crippen MR) is 170 cm³/mol. The molecule has 0 unspecified atom stereocenters. The van der Waals surface area contributed by atoms with Crippen LogP contribution in [0.2, 0.25) is 0 Å². The van der Waals surface area contributed by atoms with Gasteiger partial charge < -0.3 is 26.2 Å². The number of nitrogens with zero attached hydrogens (tertiary/aromatic N) is 4. The van der Waals surface area contributed by atoms with Crippen LogP contribution in [0.4, 0.5) is 0 Å². The number of hydrogen-bond acceptors (Lipinski definition) is 8. The van der Waals surface area contributed by atoms with Gasteiger partial charge in [0.25, 0.3) is 0 Å². The molecule has 3 amide bonds. The van der Waals surface area contributed by atoms with Gasteiger partial charge in [-0.1, -0.05) is 31.4 Å². The van der Waals surface area contributed by atoms with Crippen LogP contribution in [0.1, 0.15) is 106 Å². The maximum atomic E-state index is 13.3. The molecule has 12 nitrogen and oxygen atoms in total. The van der Waals surface area contributed by atoms with Crippen molar-refractivity contribution in [2.45, 2.75) is 87.7 Å². The first kappa shape index (κ1) is 30.9. The number of aryl methyl sites for hydroxylation is 2. The number of benzene rings is 2. The van der Waals surface area contributed by atoms with Crippen LogP contribution in [0.3, 0.4) is 0 Å². The molecule has 0 bridgehead atoms. The Labute approximate surface area is 272 Å². The molecule has 2 aromatic carbocycles. The molecule has 0 spiro atoms.